The van der Waals surface area contributed by atoms with Crippen LogP contribution in [0.4, 0.5) is 0 Å². The maximum Gasteiger partial charge on any atom is 0.234 e. The topological polar surface area (TPSA) is 56.0 Å². The van der Waals surface area contributed by atoms with Crippen molar-refractivity contribution in [2.45, 2.75) is 40.0 Å². The highest BCUT2D eigenvalue weighted by Gasteiger charge is 2.13. The van der Waals surface area contributed by atoms with Gasteiger partial charge in [-0.25, -0.2) is 0 Å². The van der Waals surface area contributed by atoms with Crippen LogP contribution in [0.1, 0.15) is 43.1 Å². The van der Waals surface area contributed by atoms with E-state index < -0.39 is 0 Å². The number of Topliss-reactive ketones (excluding diaryl/α,β-unsaturated/α-hetero) is 1. The van der Waals surface area contributed by atoms with Gasteiger partial charge in [0.15, 0.2) is 5.82 Å². The predicted molar refractivity (Wildman–Crippen MR) is 76.4 cm³/mol. The first kappa shape index (κ1) is 14.4. The van der Waals surface area contributed by atoms with Crippen molar-refractivity contribution in [2.24, 2.45) is 5.92 Å². The summed E-state index contributed by atoms with van der Waals surface area (Å²) in [4.78, 5) is 16.0. The Kier molecular flexibility index (Phi) is 4.66. The molecule has 0 N–H and O–H groups in total. The van der Waals surface area contributed by atoms with Gasteiger partial charge in [-0.05, 0) is 24.0 Å². The average molecular weight is 272 g/mol. The van der Waals surface area contributed by atoms with E-state index in [-0.39, 0.29) is 12.2 Å². The number of aryl methyl sites for hydroxylation is 1. The van der Waals surface area contributed by atoms with Crippen LogP contribution in [0.15, 0.2) is 28.8 Å². The first-order valence-electron chi connectivity index (χ1n) is 6.92. The molecule has 1 heterocycles. The van der Waals surface area contributed by atoms with Crippen LogP contribution in [0.3, 0.4) is 0 Å². The lowest BCUT2D eigenvalue weighted by Gasteiger charge is -2.01. The van der Waals surface area contributed by atoms with E-state index in [1.807, 2.05) is 26.0 Å². The van der Waals surface area contributed by atoms with E-state index >= 15 is 0 Å². The molecular weight excluding hydrogens is 252 g/mol. The largest absolute Gasteiger partial charge is 0.339 e. The molecular formula is C16H20N2O2. The van der Waals surface area contributed by atoms with E-state index in [1.54, 1.807) is 0 Å². The Hall–Kier alpha value is -1.97. The molecule has 4 heteroatoms. The Morgan fingerprint density at radius 3 is 2.75 bits per heavy atom. The summed E-state index contributed by atoms with van der Waals surface area (Å²) >= 11 is 0. The number of hydrogen-bond acceptors (Lipinski definition) is 4. The van der Waals surface area contributed by atoms with Crippen molar-refractivity contribution in [1.29, 1.82) is 0 Å². The van der Waals surface area contributed by atoms with Crippen molar-refractivity contribution in [2.75, 3.05) is 0 Å². The quantitative estimate of drug-likeness (QED) is 0.810. The zero-order chi connectivity index (χ0) is 14.5. The third kappa shape index (κ3) is 4.02. The van der Waals surface area contributed by atoms with Gasteiger partial charge in [-0.3, -0.25) is 4.79 Å². The molecule has 0 bridgehead atoms. The Bertz CT molecular complexity index is 588. The molecule has 4 nitrogen and oxygen atoms in total. The van der Waals surface area contributed by atoms with Gasteiger partial charge in [-0.15, -0.1) is 0 Å². The molecule has 0 spiro atoms. The van der Waals surface area contributed by atoms with E-state index in [1.165, 1.54) is 11.1 Å². The summed E-state index contributed by atoms with van der Waals surface area (Å²) in [6, 6.07) is 8.11. The van der Waals surface area contributed by atoms with Crippen molar-refractivity contribution in [1.82, 2.24) is 10.1 Å². The Morgan fingerprint density at radius 1 is 1.30 bits per heavy atom. The summed E-state index contributed by atoms with van der Waals surface area (Å²) < 4.78 is 5.15. The second kappa shape index (κ2) is 6.46. The number of hydrogen-bond donors (Lipinski definition) is 0. The molecule has 2 rings (SSSR count). The third-order valence-electron chi connectivity index (χ3n) is 3.10. The number of nitrogens with zero attached hydrogens (tertiary/aromatic N) is 2. The van der Waals surface area contributed by atoms with Crippen molar-refractivity contribution < 1.29 is 9.32 Å². The lowest BCUT2D eigenvalue weighted by Crippen LogP contribution is -2.06. The highest BCUT2D eigenvalue weighted by molar-refractivity contribution is 5.80. The lowest BCUT2D eigenvalue weighted by molar-refractivity contribution is -0.119. The fourth-order valence-electron chi connectivity index (χ4n) is 2.11. The Balaban J connectivity index is 1.99. The van der Waals surface area contributed by atoms with Gasteiger partial charge in [0.2, 0.25) is 5.89 Å². The number of rotatable bonds is 6. The number of ketones is 1. The van der Waals surface area contributed by atoms with E-state index in [2.05, 4.69) is 29.2 Å². The summed E-state index contributed by atoms with van der Waals surface area (Å²) in [5, 5.41) is 3.95. The van der Waals surface area contributed by atoms with Crippen LogP contribution >= 0.6 is 0 Å². The van der Waals surface area contributed by atoms with Gasteiger partial charge in [0.05, 0.1) is 6.42 Å². The molecule has 0 aliphatic heterocycles. The summed E-state index contributed by atoms with van der Waals surface area (Å²) in [6.45, 7) is 6.10. The van der Waals surface area contributed by atoms with E-state index in [0.717, 1.165) is 0 Å². The van der Waals surface area contributed by atoms with Gasteiger partial charge in [0.25, 0.3) is 0 Å². The maximum atomic E-state index is 11.7. The molecule has 0 saturated carbocycles. The molecule has 1 aromatic heterocycles. The van der Waals surface area contributed by atoms with Crippen LogP contribution in [-0.4, -0.2) is 15.9 Å². The van der Waals surface area contributed by atoms with Crippen molar-refractivity contribution in [3.8, 4) is 0 Å². The van der Waals surface area contributed by atoms with Crippen LogP contribution in [0.2, 0.25) is 0 Å². The van der Waals surface area contributed by atoms with E-state index in [0.29, 0.717) is 30.5 Å². The monoisotopic (exact) mass is 272 g/mol. The third-order valence-corrected chi connectivity index (χ3v) is 3.10. The van der Waals surface area contributed by atoms with Gasteiger partial charge in [0.1, 0.15) is 5.78 Å². The highest BCUT2D eigenvalue weighted by Crippen LogP contribution is 2.12. The SMILES string of the molecule is Cc1ccccc1Cc1noc(CC(=O)CC(C)C)n1. The minimum absolute atomic E-state index is 0.145. The van der Waals surface area contributed by atoms with E-state index in [4.69, 9.17) is 4.52 Å². The van der Waals surface area contributed by atoms with Crippen LogP contribution in [0, 0.1) is 12.8 Å². The van der Waals surface area contributed by atoms with Gasteiger partial charge >= 0.3 is 0 Å². The van der Waals surface area contributed by atoms with E-state index in [9.17, 15) is 4.79 Å². The van der Waals surface area contributed by atoms with Crippen LogP contribution < -0.4 is 0 Å². The fraction of sp³-hybridized carbons (Fsp3) is 0.438. The molecule has 106 valence electrons. The molecule has 20 heavy (non-hydrogen) atoms. The normalized spacial score (nSPS) is 11.0. The molecule has 0 atom stereocenters. The first-order valence-corrected chi connectivity index (χ1v) is 6.92. The Morgan fingerprint density at radius 2 is 2.05 bits per heavy atom. The molecule has 0 fully saturated rings. The average Bonchev–Trinajstić information content (AvgIpc) is 2.78. The standard InChI is InChI=1S/C16H20N2O2/c1-11(2)8-14(19)10-16-17-15(18-20-16)9-13-7-5-4-6-12(13)3/h4-7,11H,8-10H2,1-3H3. The van der Waals surface area contributed by atoms with Crippen LogP contribution in [-0.2, 0) is 17.6 Å². The van der Waals surface area contributed by atoms with Gasteiger partial charge in [0, 0.05) is 12.8 Å². The minimum atomic E-state index is 0.145. The minimum Gasteiger partial charge on any atom is -0.339 e. The summed E-state index contributed by atoms with van der Waals surface area (Å²) in [6.07, 6.45) is 1.42. The number of carbonyl (C=O) groups is 1. The van der Waals surface area contributed by atoms with Gasteiger partial charge in [-0.2, -0.15) is 4.98 Å². The molecule has 0 unspecified atom stereocenters. The van der Waals surface area contributed by atoms with Gasteiger partial charge < -0.3 is 4.52 Å². The summed E-state index contributed by atoms with van der Waals surface area (Å²) in [5.41, 5.74) is 2.38. The Labute approximate surface area is 119 Å². The molecule has 2 aromatic rings. The number of aromatic nitrogens is 2. The molecule has 1 aromatic carbocycles. The second-order valence-corrected chi connectivity index (χ2v) is 5.52. The van der Waals surface area contributed by atoms with Crippen LogP contribution in [0.25, 0.3) is 0 Å². The predicted octanol–water partition coefficient (Wildman–Crippen LogP) is 3.13. The van der Waals surface area contributed by atoms with Crippen molar-refractivity contribution >= 4 is 5.78 Å². The smallest absolute Gasteiger partial charge is 0.234 e. The molecule has 0 amide bonds. The molecule has 0 aliphatic carbocycles. The van der Waals surface area contributed by atoms with Crippen molar-refractivity contribution in [3.63, 3.8) is 0 Å². The summed E-state index contributed by atoms with van der Waals surface area (Å²) in [7, 11) is 0. The fourth-order valence-corrected chi connectivity index (χ4v) is 2.11. The molecule has 0 saturated heterocycles. The van der Waals surface area contributed by atoms with Crippen molar-refractivity contribution in [3.05, 3.63) is 47.1 Å². The summed E-state index contributed by atoms with van der Waals surface area (Å²) in [5.74, 6) is 1.55. The zero-order valence-electron chi connectivity index (χ0n) is 12.2. The zero-order valence-corrected chi connectivity index (χ0v) is 12.2. The number of benzene rings is 1. The highest BCUT2D eigenvalue weighted by atomic mass is 16.5. The van der Waals surface area contributed by atoms with Crippen LogP contribution in [0.5, 0.6) is 0 Å². The molecule has 0 aliphatic rings. The molecule has 0 radical (unpaired) electrons. The van der Waals surface area contributed by atoms with Gasteiger partial charge in [-0.1, -0.05) is 43.3 Å². The second-order valence-electron chi connectivity index (χ2n) is 5.52. The maximum absolute atomic E-state index is 11.7. The first-order chi connectivity index (χ1) is 9.54. The lowest BCUT2D eigenvalue weighted by atomic mass is 10.1. The number of carbonyl (C=O) groups excluding carboxylic acids is 1.